The predicted octanol–water partition coefficient (Wildman–Crippen LogP) is 2.66. The van der Waals surface area contributed by atoms with Gasteiger partial charge in [-0.2, -0.15) is 0 Å². The summed E-state index contributed by atoms with van der Waals surface area (Å²) in [6.45, 7) is 2.15. The highest BCUT2D eigenvalue weighted by molar-refractivity contribution is 5.22. The van der Waals surface area contributed by atoms with E-state index in [1.807, 2.05) is 0 Å². The van der Waals surface area contributed by atoms with Crippen LogP contribution in [0.25, 0.3) is 0 Å². The van der Waals surface area contributed by atoms with Crippen LogP contribution in [0.15, 0.2) is 24.3 Å². The molecule has 1 aliphatic carbocycles. The van der Waals surface area contributed by atoms with Crippen molar-refractivity contribution >= 4 is 0 Å². The maximum atomic E-state index is 6.06. The molecular weight excluding hydrogens is 170 g/mol. The minimum absolute atomic E-state index is 0.440. The molecular formula is C13H19N. The number of nitrogens with two attached hydrogens (primary N) is 1. The molecule has 2 N–H and O–H groups in total. The molecule has 0 radical (unpaired) electrons. The van der Waals surface area contributed by atoms with Crippen molar-refractivity contribution in [2.45, 2.75) is 38.6 Å². The summed E-state index contributed by atoms with van der Waals surface area (Å²) in [5.41, 5.74) is 8.87. The Bertz CT molecular complexity index is 306. The van der Waals surface area contributed by atoms with Gasteiger partial charge in [0.2, 0.25) is 0 Å². The first-order valence-corrected chi connectivity index (χ1v) is 5.57. The fourth-order valence-electron chi connectivity index (χ4n) is 2.46. The second kappa shape index (κ2) is 4.14. The van der Waals surface area contributed by atoms with Gasteiger partial charge in [0.1, 0.15) is 0 Å². The van der Waals surface area contributed by atoms with Crippen molar-refractivity contribution < 1.29 is 0 Å². The third-order valence-electron chi connectivity index (χ3n) is 3.30. The molecule has 0 aromatic heterocycles. The van der Waals surface area contributed by atoms with Crippen LogP contribution in [0.4, 0.5) is 0 Å². The monoisotopic (exact) mass is 189 g/mol. The Morgan fingerprint density at radius 3 is 2.86 bits per heavy atom. The Morgan fingerprint density at radius 1 is 1.36 bits per heavy atom. The van der Waals surface area contributed by atoms with Crippen LogP contribution in [-0.4, -0.2) is 6.04 Å². The molecule has 76 valence electrons. The van der Waals surface area contributed by atoms with E-state index in [-0.39, 0.29) is 0 Å². The fraction of sp³-hybridized carbons (Fsp3) is 0.538. The number of aryl methyl sites for hydroxylation is 1. The van der Waals surface area contributed by atoms with Gasteiger partial charge in [-0.15, -0.1) is 0 Å². The quantitative estimate of drug-likeness (QED) is 0.760. The van der Waals surface area contributed by atoms with Gasteiger partial charge in [0.25, 0.3) is 0 Å². The van der Waals surface area contributed by atoms with Crippen LogP contribution in [-0.2, 0) is 6.42 Å². The molecule has 0 aliphatic heterocycles. The van der Waals surface area contributed by atoms with Gasteiger partial charge in [0, 0.05) is 6.04 Å². The average Bonchev–Trinajstić information content (AvgIpc) is 2.52. The zero-order valence-corrected chi connectivity index (χ0v) is 8.87. The predicted molar refractivity (Wildman–Crippen MR) is 60.2 cm³/mol. The summed E-state index contributed by atoms with van der Waals surface area (Å²) in [4.78, 5) is 0. The summed E-state index contributed by atoms with van der Waals surface area (Å²) in [5, 5.41) is 0. The second-order valence-corrected chi connectivity index (χ2v) is 4.55. The lowest BCUT2D eigenvalue weighted by molar-refractivity contribution is 0.479. The molecule has 1 heteroatoms. The minimum Gasteiger partial charge on any atom is -0.327 e. The Kier molecular flexibility index (Phi) is 2.87. The normalized spacial score (nSPS) is 26.7. The molecule has 0 amide bonds. The van der Waals surface area contributed by atoms with E-state index in [0.29, 0.717) is 6.04 Å². The molecule has 2 atom stereocenters. The maximum Gasteiger partial charge on any atom is 0.00703 e. The van der Waals surface area contributed by atoms with Crippen molar-refractivity contribution in [3.63, 3.8) is 0 Å². The standard InChI is InChI=1S/C13H19N/c1-10-4-2-5-11(8-10)9-12-6-3-7-13(12)14/h2,4-5,8,12-13H,3,6-7,9,14H2,1H3/t12-,13-/m1/s1. The third kappa shape index (κ3) is 2.16. The Hall–Kier alpha value is -0.820. The molecule has 0 heterocycles. The smallest absolute Gasteiger partial charge is 0.00703 e. The molecule has 1 aliphatic rings. The van der Waals surface area contributed by atoms with E-state index in [4.69, 9.17) is 5.73 Å². The Labute approximate surface area is 86.3 Å². The van der Waals surface area contributed by atoms with Crippen molar-refractivity contribution in [3.05, 3.63) is 35.4 Å². The lowest BCUT2D eigenvalue weighted by Crippen LogP contribution is -2.25. The van der Waals surface area contributed by atoms with Crippen LogP contribution in [0.3, 0.4) is 0 Å². The number of rotatable bonds is 2. The van der Waals surface area contributed by atoms with Crippen molar-refractivity contribution in [1.29, 1.82) is 0 Å². The van der Waals surface area contributed by atoms with Gasteiger partial charge in [-0.05, 0) is 37.7 Å². The summed E-state index contributed by atoms with van der Waals surface area (Å²) < 4.78 is 0. The van der Waals surface area contributed by atoms with Crippen LogP contribution >= 0.6 is 0 Å². The lowest BCUT2D eigenvalue weighted by atomic mass is 9.94. The lowest BCUT2D eigenvalue weighted by Gasteiger charge is -2.15. The van der Waals surface area contributed by atoms with Gasteiger partial charge in [0.05, 0.1) is 0 Å². The molecule has 1 aromatic rings. The molecule has 0 saturated heterocycles. The summed E-state index contributed by atoms with van der Waals surface area (Å²) in [6, 6.07) is 9.24. The maximum absolute atomic E-state index is 6.06. The molecule has 1 nitrogen and oxygen atoms in total. The molecule has 0 unspecified atom stereocenters. The van der Waals surface area contributed by atoms with Crippen molar-refractivity contribution in [3.8, 4) is 0 Å². The van der Waals surface area contributed by atoms with E-state index in [1.54, 1.807) is 0 Å². The number of benzene rings is 1. The third-order valence-corrected chi connectivity index (χ3v) is 3.30. The molecule has 0 spiro atoms. The van der Waals surface area contributed by atoms with Crippen LogP contribution in [0.5, 0.6) is 0 Å². The highest BCUT2D eigenvalue weighted by Gasteiger charge is 2.23. The summed E-state index contributed by atoms with van der Waals surface area (Å²) >= 11 is 0. The number of hydrogen-bond donors (Lipinski definition) is 1. The fourth-order valence-corrected chi connectivity index (χ4v) is 2.46. The van der Waals surface area contributed by atoms with E-state index < -0.39 is 0 Å². The summed E-state index contributed by atoms with van der Waals surface area (Å²) in [5.74, 6) is 0.719. The van der Waals surface area contributed by atoms with Gasteiger partial charge in [-0.1, -0.05) is 36.2 Å². The first-order valence-electron chi connectivity index (χ1n) is 5.57. The van der Waals surface area contributed by atoms with Gasteiger partial charge in [0.15, 0.2) is 0 Å². The van der Waals surface area contributed by atoms with Crippen molar-refractivity contribution in [2.75, 3.05) is 0 Å². The minimum atomic E-state index is 0.440. The Balaban J connectivity index is 2.03. The van der Waals surface area contributed by atoms with Crippen LogP contribution in [0.2, 0.25) is 0 Å². The molecule has 1 fully saturated rings. The average molecular weight is 189 g/mol. The SMILES string of the molecule is Cc1cccc(C[C@H]2CCC[C@H]2N)c1. The van der Waals surface area contributed by atoms with E-state index in [9.17, 15) is 0 Å². The van der Waals surface area contributed by atoms with Crippen LogP contribution in [0, 0.1) is 12.8 Å². The topological polar surface area (TPSA) is 26.0 Å². The highest BCUT2D eigenvalue weighted by atomic mass is 14.7. The van der Waals surface area contributed by atoms with E-state index in [0.717, 1.165) is 5.92 Å². The zero-order chi connectivity index (χ0) is 9.97. The number of hydrogen-bond acceptors (Lipinski definition) is 1. The first-order chi connectivity index (χ1) is 6.75. The van der Waals surface area contributed by atoms with Crippen molar-refractivity contribution in [1.82, 2.24) is 0 Å². The van der Waals surface area contributed by atoms with Crippen LogP contribution in [0.1, 0.15) is 30.4 Å². The van der Waals surface area contributed by atoms with E-state index >= 15 is 0 Å². The second-order valence-electron chi connectivity index (χ2n) is 4.55. The van der Waals surface area contributed by atoms with E-state index in [2.05, 4.69) is 31.2 Å². The van der Waals surface area contributed by atoms with E-state index in [1.165, 1.54) is 36.8 Å². The summed E-state index contributed by atoms with van der Waals surface area (Å²) in [6.07, 6.45) is 5.02. The molecule has 0 bridgehead atoms. The van der Waals surface area contributed by atoms with Gasteiger partial charge < -0.3 is 5.73 Å². The Morgan fingerprint density at radius 2 is 2.21 bits per heavy atom. The van der Waals surface area contributed by atoms with Crippen molar-refractivity contribution in [2.24, 2.45) is 11.7 Å². The van der Waals surface area contributed by atoms with Crippen LogP contribution < -0.4 is 5.73 Å². The first kappa shape index (κ1) is 9.72. The van der Waals surface area contributed by atoms with Gasteiger partial charge >= 0.3 is 0 Å². The molecule has 2 rings (SSSR count). The molecule has 1 aromatic carbocycles. The highest BCUT2D eigenvalue weighted by Crippen LogP contribution is 2.27. The molecule has 14 heavy (non-hydrogen) atoms. The zero-order valence-electron chi connectivity index (χ0n) is 8.87. The largest absolute Gasteiger partial charge is 0.327 e. The van der Waals surface area contributed by atoms with Gasteiger partial charge in [-0.3, -0.25) is 0 Å². The summed E-state index contributed by atoms with van der Waals surface area (Å²) in [7, 11) is 0. The van der Waals surface area contributed by atoms with Gasteiger partial charge in [-0.25, -0.2) is 0 Å². The molecule has 1 saturated carbocycles.